The Balaban J connectivity index is 2.26. The van der Waals surface area contributed by atoms with Crippen molar-refractivity contribution in [1.29, 1.82) is 0 Å². The molecule has 0 bridgehead atoms. The van der Waals surface area contributed by atoms with Crippen molar-refractivity contribution in [2.24, 2.45) is 0 Å². The molecule has 7 nitrogen and oxygen atoms in total. The molecule has 1 fully saturated rings. The molecule has 18 heavy (non-hydrogen) atoms. The summed E-state index contributed by atoms with van der Waals surface area (Å²) in [4.78, 5) is 25.1. The Hall–Kier alpha value is -1.22. The number of rotatable bonds is 3. The summed E-state index contributed by atoms with van der Waals surface area (Å²) >= 11 is 0. The van der Waals surface area contributed by atoms with E-state index < -0.39 is 29.7 Å². The van der Waals surface area contributed by atoms with E-state index in [0.717, 1.165) is 0 Å². The number of nitrogens with zero attached hydrogens (tertiary/aromatic N) is 1. The van der Waals surface area contributed by atoms with Gasteiger partial charge in [-0.15, -0.1) is 0 Å². The van der Waals surface area contributed by atoms with E-state index in [2.05, 4.69) is 4.98 Å². The quantitative estimate of drug-likeness (QED) is 0.609. The zero-order chi connectivity index (χ0) is 13.3. The van der Waals surface area contributed by atoms with Crippen LogP contribution in [0.3, 0.4) is 0 Å². The Morgan fingerprint density at radius 3 is 3.06 bits per heavy atom. The minimum Gasteiger partial charge on any atom is -0.425 e. The molecular formula is C10H16N2O5Si. The second kappa shape index (κ2) is 5.18. The van der Waals surface area contributed by atoms with Crippen molar-refractivity contribution in [1.82, 2.24) is 9.55 Å². The number of hydrogen-bond acceptors (Lipinski definition) is 5. The molecule has 1 aliphatic heterocycles. The van der Waals surface area contributed by atoms with Crippen molar-refractivity contribution in [2.45, 2.75) is 31.8 Å². The fourth-order valence-corrected chi connectivity index (χ4v) is 2.33. The number of ether oxygens (including phenoxy) is 1. The van der Waals surface area contributed by atoms with E-state index in [-0.39, 0.29) is 0 Å². The van der Waals surface area contributed by atoms with Crippen LogP contribution in [0.1, 0.15) is 18.2 Å². The van der Waals surface area contributed by atoms with Crippen molar-refractivity contribution in [3.8, 4) is 0 Å². The van der Waals surface area contributed by atoms with Crippen molar-refractivity contribution in [2.75, 3.05) is 6.61 Å². The number of aryl methyl sites for hydroxylation is 1. The van der Waals surface area contributed by atoms with Crippen LogP contribution >= 0.6 is 0 Å². The molecule has 2 heterocycles. The normalized spacial score (nSPS) is 27.8. The number of aliphatic hydroxyl groups is 1. The smallest absolute Gasteiger partial charge is 0.330 e. The molecule has 0 spiro atoms. The lowest BCUT2D eigenvalue weighted by atomic mass is 10.2. The van der Waals surface area contributed by atoms with E-state index in [9.17, 15) is 14.7 Å². The van der Waals surface area contributed by atoms with Gasteiger partial charge >= 0.3 is 5.69 Å². The summed E-state index contributed by atoms with van der Waals surface area (Å²) in [5.41, 5.74) is -0.514. The van der Waals surface area contributed by atoms with Crippen LogP contribution in [0.25, 0.3) is 0 Å². The van der Waals surface area contributed by atoms with Gasteiger partial charge in [-0.05, 0) is 6.92 Å². The molecule has 3 atom stereocenters. The largest absolute Gasteiger partial charge is 0.425 e. The first-order valence-corrected chi connectivity index (χ1v) is 6.49. The number of nitrogens with one attached hydrogen (secondary N) is 1. The molecule has 2 N–H and O–H groups in total. The van der Waals surface area contributed by atoms with Gasteiger partial charge in [0, 0.05) is 18.2 Å². The summed E-state index contributed by atoms with van der Waals surface area (Å²) in [6, 6.07) is 0. The lowest BCUT2D eigenvalue weighted by molar-refractivity contribution is -0.0399. The van der Waals surface area contributed by atoms with Crippen molar-refractivity contribution in [3.63, 3.8) is 0 Å². The second-order valence-corrected chi connectivity index (χ2v) is 4.94. The summed E-state index contributed by atoms with van der Waals surface area (Å²) in [6.45, 7) is 1.93. The summed E-state index contributed by atoms with van der Waals surface area (Å²) in [5.74, 6) is 0. The monoisotopic (exact) mass is 272 g/mol. The predicted molar refractivity (Wildman–Crippen MR) is 66.5 cm³/mol. The second-order valence-electron chi connectivity index (χ2n) is 4.37. The third kappa shape index (κ3) is 2.46. The number of H-pyrrole nitrogens is 1. The van der Waals surface area contributed by atoms with E-state index in [1.54, 1.807) is 6.92 Å². The Bertz CT molecular complexity index is 540. The summed E-state index contributed by atoms with van der Waals surface area (Å²) in [7, 11) is 0.567. The topological polar surface area (TPSA) is 93.6 Å². The van der Waals surface area contributed by atoms with Gasteiger partial charge in [-0.2, -0.15) is 0 Å². The lowest BCUT2D eigenvalue weighted by Gasteiger charge is -2.15. The molecule has 0 radical (unpaired) electrons. The molecule has 0 aromatic carbocycles. The van der Waals surface area contributed by atoms with Crippen LogP contribution in [0.4, 0.5) is 0 Å². The van der Waals surface area contributed by atoms with Gasteiger partial charge in [0.25, 0.3) is 5.56 Å². The van der Waals surface area contributed by atoms with Crippen LogP contribution in [-0.2, 0) is 9.16 Å². The third-order valence-corrected chi connectivity index (χ3v) is 3.32. The minimum absolute atomic E-state index is 0.307. The highest BCUT2D eigenvalue weighted by atomic mass is 28.2. The van der Waals surface area contributed by atoms with E-state index in [0.29, 0.717) is 29.1 Å². The van der Waals surface area contributed by atoms with Gasteiger partial charge in [0.05, 0.1) is 12.7 Å². The first kappa shape index (κ1) is 13.2. The fraction of sp³-hybridized carbons (Fsp3) is 0.600. The molecule has 100 valence electrons. The Labute approximate surface area is 106 Å². The first-order valence-electron chi connectivity index (χ1n) is 5.67. The molecule has 2 rings (SSSR count). The zero-order valence-corrected chi connectivity index (χ0v) is 12.3. The van der Waals surface area contributed by atoms with E-state index in [1.165, 1.54) is 10.8 Å². The molecule has 1 aromatic heterocycles. The SMILES string of the molecule is Cc1cn([C@H]2C[C@H](O)[C@@H](CO[SiH3])O2)c(=O)[nH]c1=O. The Kier molecular flexibility index (Phi) is 3.81. The summed E-state index contributed by atoms with van der Waals surface area (Å²) < 4.78 is 11.9. The number of aliphatic hydroxyl groups excluding tert-OH is 1. The van der Waals surface area contributed by atoms with E-state index in [1.807, 2.05) is 0 Å². The van der Waals surface area contributed by atoms with Gasteiger partial charge in [-0.1, -0.05) is 0 Å². The fourth-order valence-electron chi connectivity index (χ4n) is 2.00. The van der Waals surface area contributed by atoms with Gasteiger partial charge in [0.15, 0.2) is 0 Å². The minimum atomic E-state index is -0.664. The molecule has 1 aromatic rings. The number of aromatic amines is 1. The predicted octanol–water partition coefficient (Wildman–Crippen LogP) is -2.21. The van der Waals surface area contributed by atoms with Gasteiger partial charge in [-0.25, -0.2) is 4.79 Å². The summed E-state index contributed by atoms with van der Waals surface area (Å²) in [5, 5.41) is 9.79. The molecule has 1 saturated heterocycles. The molecule has 0 amide bonds. The van der Waals surface area contributed by atoms with Crippen LogP contribution in [0.5, 0.6) is 0 Å². The van der Waals surface area contributed by atoms with Crippen molar-refractivity contribution < 1.29 is 14.3 Å². The highest BCUT2D eigenvalue weighted by Crippen LogP contribution is 2.27. The average molecular weight is 272 g/mol. The molecule has 0 aliphatic carbocycles. The van der Waals surface area contributed by atoms with Crippen LogP contribution in [0.15, 0.2) is 15.8 Å². The molecule has 0 unspecified atom stereocenters. The number of hydrogen-bond donors (Lipinski definition) is 2. The van der Waals surface area contributed by atoms with E-state index in [4.69, 9.17) is 9.16 Å². The molecular weight excluding hydrogens is 256 g/mol. The maximum absolute atomic E-state index is 11.7. The van der Waals surface area contributed by atoms with Crippen LogP contribution in [-0.4, -0.2) is 44.0 Å². The zero-order valence-electron chi connectivity index (χ0n) is 10.3. The van der Waals surface area contributed by atoms with Gasteiger partial charge < -0.3 is 14.3 Å². The van der Waals surface area contributed by atoms with Gasteiger partial charge in [0.2, 0.25) is 0 Å². The van der Waals surface area contributed by atoms with Gasteiger partial charge in [-0.3, -0.25) is 14.3 Å². The molecule has 8 heteroatoms. The maximum atomic E-state index is 11.7. The maximum Gasteiger partial charge on any atom is 0.330 e. The first-order chi connectivity index (χ1) is 8.52. The van der Waals surface area contributed by atoms with Crippen LogP contribution in [0.2, 0.25) is 0 Å². The third-order valence-electron chi connectivity index (χ3n) is 2.99. The standard InChI is InChI=1S/C10H16N2O5Si/c1-5-3-12(10(15)11-9(5)14)8-2-6(13)7(17-8)4-16-18/h3,6-8,13H,2,4H2,1,18H3,(H,11,14,15)/t6-,7+,8+/m0/s1. The highest BCUT2D eigenvalue weighted by Gasteiger charge is 2.35. The molecule has 0 saturated carbocycles. The highest BCUT2D eigenvalue weighted by molar-refractivity contribution is 5.97. The van der Waals surface area contributed by atoms with Crippen LogP contribution < -0.4 is 11.2 Å². The number of aromatic nitrogens is 2. The van der Waals surface area contributed by atoms with Crippen molar-refractivity contribution in [3.05, 3.63) is 32.6 Å². The molecule has 1 aliphatic rings. The van der Waals surface area contributed by atoms with Gasteiger partial charge in [0.1, 0.15) is 22.8 Å². The van der Waals surface area contributed by atoms with Crippen molar-refractivity contribution >= 4 is 10.5 Å². The Morgan fingerprint density at radius 1 is 1.67 bits per heavy atom. The van der Waals surface area contributed by atoms with E-state index >= 15 is 0 Å². The average Bonchev–Trinajstić information content (AvgIpc) is 2.66. The lowest BCUT2D eigenvalue weighted by Crippen LogP contribution is -2.33. The summed E-state index contributed by atoms with van der Waals surface area (Å²) in [6.07, 6.45) is 0.100. The van der Waals surface area contributed by atoms with Crippen LogP contribution in [0, 0.1) is 6.92 Å². The Morgan fingerprint density at radius 2 is 2.39 bits per heavy atom.